The largest absolute Gasteiger partial charge is 0.496 e. The zero-order valence-corrected chi connectivity index (χ0v) is 26.3. The molecule has 0 saturated carbocycles. The van der Waals surface area contributed by atoms with Crippen molar-refractivity contribution in [1.82, 2.24) is 9.88 Å². The predicted octanol–water partition coefficient (Wildman–Crippen LogP) is 5.31. The summed E-state index contributed by atoms with van der Waals surface area (Å²) < 4.78 is 39.2. The Morgan fingerprint density at radius 2 is 2.00 bits per heavy atom. The van der Waals surface area contributed by atoms with E-state index in [-0.39, 0.29) is 12.4 Å². The number of carboxylic acid groups (broad SMARTS) is 1. The number of piperidine rings is 1. The molecule has 0 bridgehead atoms. The molecule has 3 aliphatic heterocycles. The number of anilines is 1. The molecule has 0 unspecified atom stereocenters. The minimum absolute atomic E-state index is 0.0617. The third-order valence-electron chi connectivity index (χ3n) is 9.25. The highest BCUT2D eigenvalue weighted by Gasteiger charge is 2.35. The standard InChI is InChI=1S/C33H40FN3O6S/c1-20-5-4-6-24(27-19-44-33(35-27)37-12-8-25(32(38)39)29(17-37)41-3)31(20)43-18-21-15-28(40-2)26-16-36(11-7-23(26)30(21)34)22-9-13-42-14-10-22/h4-6,15,19,22,25,29H,7-14,16-18H2,1-3H3,(H,38,39)/t25-,29+/m1/s1. The lowest BCUT2D eigenvalue weighted by molar-refractivity contribution is -0.147. The third kappa shape index (κ3) is 6.15. The zero-order chi connectivity index (χ0) is 30.8. The first-order chi connectivity index (χ1) is 21.4. The SMILES string of the molecule is COc1cc(COc2c(C)cccc2-c2csc(N3CC[C@@H](C(=O)O)[C@@H](OC)C3)n2)c(F)c2c1CN(C1CCOCC1)CC2. The number of carbonyl (C=O) groups is 1. The number of methoxy groups -OCH3 is 2. The first-order valence-electron chi connectivity index (χ1n) is 15.3. The van der Waals surface area contributed by atoms with Crippen LogP contribution in [0.25, 0.3) is 11.3 Å². The predicted molar refractivity (Wildman–Crippen MR) is 166 cm³/mol. The van der Waals surface area contributed by atoms with E-state index in [4.69, 9.17) is 23.9 Å². The van der Waals surface area contributed by atoms with Crippen LogP contribution < -0.4 is 14.4 Å². The highest BCUT2D eigenvalue weighted by atomic mass is 32.1. The number of thiazole rings is 1. The summed E-state index contributed by atoms with van der Waals surface area (Å²) in [4.78, 5) is 21.0. The summed E-state index contributed by atoms with van der Waals surface area (Å²) in [6.07, 6.45) is 2.73. The molecular weight excluding hydrogens is 585 g/mol. The van der Waals surface area contributed by atoms with Crippen LogP contribution in [0, 0.1) is 18.7 Å². The number of carboxylic acids is 1. The molecule has 9 nitrogen and oxygen atoms in total. The van der Waals surface area contributed by atoms with E-state index in [0.717, 1.165) is 65.7 Å². The van der Waals surface area contributed by atoms with Gasteiger partial charge in [0.25, 0.3) is 0 Å². The van der Waals surface area contributed by atoms with E-state index < -0.39 is 18.0 Å². The van der Waals surface area contributed by atoms with Crippen molar-refractivity contribution in [3.63, 3.8) is 0 Å². The van der Waals surface area contributed by atoms with Gasteiger partial charge >= 0.3 is 5.97 Å². The maximum absolute atomic E-state index is 16.0. The monoisotopic (exact) mass is 625 g/mol. The third-order valence-corrected chi connectivity index (χ3v) is 10.2. The summed E-state index contributed by atoms with van der Waals surface area (Å²) in [5.74, 6) is -0.211. The molecule has 3 aromatic rings. The molecule has 0 aliphatic carbocycles. The Kier molecular flexibility index (Phi) is 9.37. The second-order valence-electron chi connectivity index (χ2n) is 11.8. The van der Waals surface area contributed by atoms with Gasteiger partial charge in [-0.05, 0) is 55.9 Å². The molecule has 1 N–H and O–H groups in total. The zero-order valence-electron chi connectivity index (χ0n) is 25.5. The Balaban J connectivity index is 1.20. The van der Waals surface area contributed by atoms with Gasteiger partial charge in [0.15, 0.2) is 5.13 Å². The van der Waals surface area contributed by atoms with Crippen molar-refractivity contribution in [2.24, 2.45) is 5.92 Å². The molecule has 11 heteroatoms. The number of nitrogens with zero attached hydrogens (tertiary/aromatic N) is 3. The molecule has 2 atom stereocenters. The van der Waals surface area contributed by atoms with Crippen LogP contribution in [0.5, 0.6) is 11.5 Å². The van der Waals surface area contributed by atoms with E-state index in [9.17, 15) is 9.90 Å². The number of rotatable bonds is 9. The molecule has 4 heterocycles. The number of aryl methyl sites for hydroxylation is 1. The van der Waals surface area contributed by atoms with E-state index >= 15 is 4.39 Å². The summed E-state index contributed by atoms with van der Waals surface area (Å²) >= 11 is 1.50. The fourth-order valence-electron chi connectivity index (χ4n) is 6.74. The van der Waals surface area contributed by atoms with Gasteiger partial charge in [0.05, 0.1) is 24.8 Å². The van der Waals surface area contributed by atoms with Crippen LogP contribution in [0.2, 0.25) is 0 Å². The van der Waals surface area contributed by atoms with Crippen molar-refractivity contribution in [2.75, 3.05) is 52.0 Å². The van der Waals surface area contributed by atoms with Gasteiger partial charge in [-0.25, -0.2) is 9.37 Å². The normalized spacial score (nSPS) is 21.2. The lowest BCUT2D eigenvalue weighted by Gasteiger charge is -2.38. The maximum atomic E-state index is 16.0. The molecule has 2 saturated heterocycles. The molecule has 2 aromatic carbocycles. The molecule has 0 radical (unpaired) electrons. The Bertz CT molecular complexity index is 1490. The summed E-state index contributed by atoms with van der Waals surface area (Å²) in [5.41, 5.74) is 4.64. The number of fused-ring (bicyclic) bond motifs is 1. The van der Waals surface area contributed by atoms with Crippen LogP contribution in [0.15, 0.2) is 29.6 Å². The molecular formula is C33H40FN3O6S. The van der Waals surface area contributed by atoms with E-state index in [1.165, 1.54) is 11.3 Å². The van der Waals surface area contributed by atoms with Gasteiger partial charge in [0.1, 0.15) is 23.9 Å². The minimum Gasteiger partial charge on any atom is -0.496 e. The highest BCUT2D eigenvalue weighted by Crippen LogP contribution is 2.39. The molecule has 1 aromatic heterocycles. The van der Waals surface area contributed by atoms with Crippen LogP contribution in [0.3, 0.4) is 0 Å². The Morgan fingerprint density at radius 3 is 2.75 bits per heavy atom. The summed E-state index contributed by atoms with van der Waals surface area (Å²) in [5, 5.41) is 12.3. The van der Waals surface area contributed by atoms with Crippen molar-refractivity contribution in [2.45, 2.75) is 57.9 Å². The summed E-state index contributed by atoms with van der Waals surface area (Å²) in [6.45, 7) is 6.13. The molecule has 0 amide bonds. The number of benzene rings is 2. The van der Waals surface area contributed by atoms with E-state index in [0.29, 0.717) is 55.6 Å². The number of aliphatic carboxylic acids is 1. The molecule has 2 fully saturated rings. The van der Waals surface area contributed by atoms with Gasteiger partial charge in [-0.15, -0.1) is 11.3 Å². The van der Waals surface area contributed by atoms with Crippen LogP contribution in [0.4, 0.5) is 9.52 Å². The van der Waals surface area contributed by atoms with Crippen LogP contribution >= 0.6 is 11.3 Å². The van der Waals surface area contributed by atoms with Gasteiger partial charge in [-0.1, -0.05) is 12.1 Å². The second kappa shape index (κ2) is 13.4. The van der Waals surface area contributed by atoms with Crippen molar-refractivity contribution in [3.8, 4) is 22.8 Å². The molecule has 236 valence electrons. The fourth-order valence-corrected chi connectivity index (χ4v) is 7.61. The van der Waals surface area contributed by atoms with Gasteiger partial charge in [-0.3, -0.25) is 9.69 Å². The smallest absolute Gasteiger partial charge is 0.309 e. The number of ether oxygens (including phenoxy) is 4. The second-order valence-corrected chi connectivity index (χ2v) is 12.6. The number of halogens is 1. The van der Waals surface area contributed by atoms with Gasteiger partial charge < -0.3 is 29.0 Å². The van der Waals surface area contributed by atoms with Crippen LogP contribution in [-0.4, -0.2) is 80.2 Å². The van der Waals surface area contributed by atoms with E-state index in [2.05, 4.69) is 9.80 Å². The average Bonchev–Trinajstić information content (AvgIpc) is 3.55. The fraction of sp³-hybridized carbons (Fsp3) is 0.515. The molecule has 3 aliphatic rings. The van der Waals surface area contributed by atoms with Crippen molar-refractivity contribution in [1.29, 1.82) is 0 Å². The van der Waals surface area contributed by atoms with Crippen molar-refractivity contribution >= 4 is 22.4 Å². The molecule has 6 rings (SSSR count). The molecule has 0 spiro atoms. The quantitative estimate of drug-likeness (QED) is 0.340. The first kappa shape index (κ1) is 30.8. The Labute approximate surface area is 261 Å². The Hall–Kier alpha value is -3.25. The van der Waals surface area contributed by atoms with E-state index in [1.807, 2.05) is 30.5 Å². The number of aromatic nitrogens is 1. The maximum Gasteiger partial charge on any atom is 0.309 e. The van der Waals surface area contributed by atoms with Crippen LogP contribution in [-0.2, 0) is 33.8 Å². The van der Waals surface area contributed by atoms with E-state index in [1.54, 1.807) is 20.3 Å². The Morgan fingerprint density at radius 1 is 1.18 bits per heavy atom. The highest BCUT2D eigenvalue weighted by molar-refractivity contribution is 7.14. The van der Waals surface area contributed by atoms with Gasteiger partial charge in [0.2, 0.25) is 0 Å². The van der Waals surface area contributed by atoms with Crippen molar-refractivity contribution < 1.29 is 33.2 Å². The van der Waals surface area contributed by atoms with Gasteiger partial charge in [0, 0.05) is 74.6 Å². The van der Waals surface area contributed by atoms with Gasteiger partial charge in [-0.2, -0.15) is 0 Å². The summed E-state index contributed by atoms with van der Waals surface area (Å²) in [6, 6.07) is 8.14. The van der Waals surface area contributed by atoms with Crippen LogP contribution in [0.1, 0.15) is 41.5 Å². The number of para-hydroxylation sites is 1. The van der Waals surface area contributed by atoms with Crippen molar-refractivity contribution in [3.05, 3.63) is 57.7 Å². The molecule has 44 heavy (non-hydrogen) atoms. The minimum atomic E-state index is -0.831. The lowest BCUT2D eigenvalue weighted by atomic mass is 9.93. The topological polar surface area (TPSA) is 93.6 Å². The number of hydrogen-bond acceptors (Lipinski definition) is 9. The summed E-state index contributed by atoms with van der Waals surface area (Å²) in [7, 11) is 3.19. The first-order valence-corrected chi connectivity index (χ1v) is 16.1. The lowest BCUT2D eigenvalue weighted by Crippen LogP contribution is -2.47. The number of hydrogen-bond donors (Lipinski definition) is 1. The average molecular weight is 626 g/mol.